The van der Waals surface area contributed by atoms with Crippen LogP contribution in [0, 0.1) is 0 Å². The molecule has 1 aliphatic rings. The summed E-state index contributed by atoms with van der Waals surface area (Å²) in [6, 6.07) is -1.28. The lowest BCUT2D eigenvalue weighted by atomic mass is 10.1. The maximum atomic E-state index is 12.7. The van der Waals surface area contributed by atoms with Crippen LogP contribution in [0.4, 0.5) is 4.79 Å². The number of likely N-dealkylation sites (tertiary alicyclic amines) is 1. The Kier molecular flexibility index (Phi) is 6.65. The molecule has 1 saturated heterocycles. The number of hydrogen-bond donors (Lipinski definition) is 1. The normalized spacial score (nSPS) is 22.2. The van der Waals surface area contributed by atoms with Crippen LogP contribution in [0.25, 0.3) is 0 Å². The monoisotopic (exact) mass is 294 g/mol. The van der Waals surface area contributed by atoms with Crippen LogP contribution < -0.4 is 5.32 Å². The summed E-state index contributed by atoms with van der Waals surface area (Å²) < 4.78 is 4.53. The number of ether oxygens (including phenoxy) is 1. The summed E-state index contributed by atoms with van der Waals surface area (Å²) in [6.07, 6.45) is 5.65. The lowest BCUT2D eigenvalue weighted by molar-refractivity contribution is -0.138. The third kappa shape index (κ3) is 4.18. The van der Waals surface area contributed by atoms with Crippen LogP contribution in [-0.4, -0.2) is 48.4 Å². The molecule has 0 aromatic carbocycles. The van der Waals surface area contributed by atoms with Crippen LogP contribution in [-0.2, 0) is 14.3 Å². The van der Waals surface area contributed by atoms with E-state index >= 15 is 0 Å². The molecule has 2 amide bonds. The molecule has 1 rings (SSSR count). The van der Waals surface area contributed by atoms with Gasteiger partial charge in [0.05, 0.1) is 13.2 Å². The van der Waals surface area contributed by atoms with Crippen LogP contribution in [0.2, 0.25) is 0 Å². The van der Waals surface area contributed by atoms with Gasteiger partial charge >= 0.3 is 6.09 Å². The van der Waals surface area contributed by atoms with Gasteiger partial charge in [-0.2, -0.15) is 0 Å². The van der Waals surface area contributed by atoms with Gasteiger partial charge in [-0.1, -0.05) is 12.2 Å². The van der Waals surface area contributed by atoms with Crippen molar-refractivity contribution < 1.29 is 19.1 Å². The molecular formula is C15H22N2O4. The summed E-state index contributed by atoms with van der Waals surface area (Å²) in [5.41, 5.74) is 0. The fourth-order valence-corrected chi connectivity index (χ4v) is 2.58. The van der Waals surface area contributed by atoms with E-state index in [9.17, 15) is 14.4 Å². The van der Waals surface area contributed by atoms with E-state index in [1.165, 1.54) is 7.11 Å². The second-order valence-corrected chi connectivity index (χ2v) is 4.92. The number of nitrogens with zero attached hydrogens (tertiary/aromatic N) is 1. The summed E-state index contributed by atoms with van der Waals surface area (Å²) in [6.45, 7) is 7.27. The van der Waals surface area contributed by atoms with Crippen molar-refractivity contribution in [3.05, 3.63) is 25.3 Å². The van der Waals surface area contributed by atoms with Gasteiger partial charge in [-0.15, -0.1) is 13.2 Å². The molecule has 6 nitrogen and oxygen atoms in total. The number of methoxy groups -OCH3 is 1. The fourth-order valence-electron chi connectivity index (χ4n) is 2.58. The Morgan fingerprint density at radius 2 is 2.10 bits per heavy atom. The molecule has 116 valence electrons. The largest absolute Gasteiger partial charge is 0.453 e. The molecule has 3 atom stereocenters. The molecule has 1 N–H and O–H groups in total. The van der Waals surface area contributed by atoms with Gasteiger partial charge in [-0.3, -0.25) is 4.79 Å². The highest BCUT2D eigenvalue weighted by atomic mass is 16.5. The Labute approximate surface area is 124 Å². The molecule has 0 saturated carbocycles. The molecular weight excluding hydrogens is 272 g/mol. The Morgan fingerprint density at radius 3 is 2.62 bits per heavy atom. The minimum atomic E-state index is -0.775. The van der Waals surface area contributed by atoms with E-state index in [-0.39, 0.29) is 18.4 Å². The number of carbonyl (C=O) groups excluding carboxylic acids is 3. The summed E-state index contributed by atoms with van der Waals surface area (Å²) in [5.74, 6) is -0.290. The number of carbonyl (C=O) groups is 3. The number of nitrogens with one attached hydrogen (secondary N) is 1. The minimum Gasteiger partial charge on any atom is -0.453 e. The smallest absolute Gasteiger partial charge is 0.407 e. The van der Waals surface area contributed by atoms with Gasteiger partial charge in [0.2, 0.25) is 5.91 Å². The molecule has 0 spiro atoms. The van der Waals surface area contributed by atoms with E-state index in [4.69, 9.17) is 0 Å². The van der Waals surface area contributed by atoms with E-state index in [1.807, 2.05) is 0 Å². The third-order valence-corrected chi connectivity index (χ3v) is 3.57. The van der Waals surface area contributed by atoms with Gasteiger partial charge in [0, 0.05) is 6.04 Å². The Hall–Kier alpha value is -2.11. The lowest BCUT2D eigenvalue weighted by Crippen LogP contribution is -2.52. The van der Waals surface area contributed by atoms with Crippen LogP contribution in [0.1, 0.15) is 25.7 Å². The van der Waals surface area contributed by atoms with Crippen LogP contribution >= 0.6 is 0 Å². The highest BCUT2D eigenvalue weighted by molar-refractivity contribution is 5.88. The molecule has 21 heavy (non-hydrogen) atoms. The van der Waals surface area contributed by atoms with Crippen molar-refractivity contribution in [1.82, 2.24) is 10.2 Å². The molecule has 0 unspecified atom stereocenters. The van der Waals surface area contributed by atoms with Crippen molar-refractivity contribution >= 4 is 18.3 Å². The summed E-state index contributed by atoms with van der Waals surface area (Å²) in [4.78, 5) is 36.7. The van der Waals surface area contributed by atoms with Crippen molar-refractivity contribution in [2.24, 2.45) is 0 Å². The Bertz CT molecular complexity index is 422. The number of aldehydes is 1. The molecule has 0 aromatic heterocycles. The molecule has 1 heterocycles. The molecule has 1 fully saturated rings. The van der Waals surface area contributed by atoms with Gasteiger partial charge in [0.25, 0.3) is 0 Å². The van der Waals surface area contributed by atoms with E-state index in [2.05, 4.69) is 23.2 Å². The number of rotatable bonds is 7. The maximum absolute atomic E-state index is 12.7. The summed E-state index contributed by atoms with van der Waals surface area (Å²) in [7, 11) is 1.23. The zero-order chi connectivity index (χ0) is 15.8. The van der Waals surface area contributed by atoms with Gasteiger partial charge in [-0.25, -0.2) is 4.79 Å². The standard InChI is InChI=1S/C15H22N2O4/c1-4-6-11-8-9-12(10-18)17(11)14(19)13(7-5-2)16-15(20)21-3/h4-5,10-13H,1-2,6-9H2,3H3,(H,16,20)/t11-,12+,13+/m1/s1. The Morgan fingerprint density at radius 1 is 1.38 bits per heavy atom. The first kappa shape index (κ1) is 16.9. The molecule has 6 heteroatoms. The van der Waals surface area contributed by atoms with Crippen LogP contribution in [0.15, 0.2) is 25.3 Å². The zero-order valence-electron chi connectivity index (χ0n) is 12.3. The first-order chi connectivity index (χ1) is 10.1. The highest BCUT2D eigenvalue weighted by Crippen LogP contribution is 2.26. The van der Waals surface area contributed by atoms with Gasteiger partial charge < -0.3 is 19.7 Å². The predicted molar refractivity (Wildman–Crippen MR) is 78.7 cm³/mol. The number of alkyl carbamates (subject to hydrolysis) is 1. The van der Waals surface area contributed by atoms with Crippen molar-refractivity contribution in [1.29, 1.82) is 0 Å². The van der Waals surface area contributed by atoms with Gasteiger partial charge in [0.15, 0.2) is 0 Å². The van der Waals surface area contributed by atoms with Crippen molar-refractivity contribution in [2.75, 3.05) is 7.11 Å². The van der Waals surface area contributed by atoms with Crippen molar-refractivity contribution in [3.8, 4) is 0 Å². The lowest BCUT2D eigenvalue weighted by Gasteiger charge is -2.31. The molecule has 0 aromatic rings. The second-order valence-electron chi connectivity index (χ2n) is 4.92. The summed E-state index contributed by atoms with van der Waals surface area (Å²) >= 11 is 0. The predicted octanol–water partition coefficient (Wildman–Crippen LogP) is 1.42. The number of hydrogen-bond acceptors (Lipinski definition) is 4. The van der Waals surface area contributed by atoms with E-state index < -0.39 is 18.2 Å². The zero-order valence-corrected chi connectivity index (χ0v) is 12.3. The van der Waals surface area contributed by atoms with Crippen LogP contribution in [0.5, 0.6) is 0 Å². The van der Waals surface area contributed by atoms with Crippen molar-refractivity contribution in [2.45, 2.75) is 43.8 Å². The summed E-state index contributed by atoms with van der Waals surface area (Å²) in [5, 5.41) is 2.49. The second kappa shape index (κ2) is 8.24. The number of amides is 2. The quantitative estimate of drug-likeness (QED) is 0.569. The maximum Gasteiger partial charge on any atom is 0.407 e. The Balaban J connectivity index is 2.91. The van der Waals surface area contributed by atoms with Crippen molar-refractivity contribution in [3.63, 3.8) is 0 Å². The average molecular weight is 294 g/mol. The minimum absolute atomic E-state index is 0.0584. The highest BCUT2D eigenvalue weighted by Gasteiger charge is 2.39. The SMILES string of the molecule is C=CC[C@@H]1CC[C@@H](C=O)N1C(=O)[C@H](CC=C)NC(=O)OC. The van der Waals surface area contributed by atoms with E-state index in [1.54, 1.807) is 17.1 Å². The first-order valence-electron chi connectivity index (χ1n) is 6.92. The topological polar surface area (TPSA) is 75.7 Å². The first-order valence-corrected chi connectivity index (χ1v) is 6.92. The molecule has 0 bridgehead atoms. The van der Waals surface area contributed by atoms with E-state index in [0.717, 1.165) is 12.7 Å². The molecule has 1 aliphatic heterocycles. The average Bonchev–Trinajstić information content (AvgIpc) is 2.89. The molecule has 0 aliphatic carbocycles. The fraction of sp³-hybridized carbons (Fsp3) is 0.533. The van der Waals surface area contributed by atoms with Gasteiger partial charge in [-0.05, 0) is 25.7 Å². The van der Waals surface area contributed by atoms with Gasteiger partial charge in [0.1, 0.15) is 12.3 Å². The van der Waals surface area contributed by atoms with Crippen LogP contribution in [0.3, 0.4) is 0 Å². The third-order valence-electron chi connectivity index (χ3n) is 3.57. The molecule has 0 radical (unpaired) electrons. The van der Waals surface area contributed by atoms with E-state index in [0.29, 0.717) is 12.8 Å².